The van der Waals surface area contributed by atoms with E-state index in [2.05, 4.69) is 0 Å². The molecule has 0 aliphatic rings. The molecule has 0 unspecified atom stereocenters. The van der Waals surface area contributed by atoms with Crippen LogP contribution in [0.3, 0.4) is 0 Å². The standard InChI is InChI=1S/C15H11ClFNO3S/c16-12-4-8-14(9-5-12)22(20,21)18-15(19)10-3-11-1-6-13(17)7-2-11/h1-10H,(H,18,19)/b10-3+. The lowest BCUT2D eigenvalue weighted by Gasteiger charge is -2.04. The number of rotatable bonds is 4. The van der Waals surface area contributed by atoms with Crippen molar-refractivity contribution in [3.8, 4) is 0 Å². The molecule has 1 amide bonds. The summed E-state index contributed by atoms with van der Waals surface area (Å²) in [7, 11) is -3.96. The fraction of sp³-hybridized carbons (Fsp3) is 0. The summed E-state index contributed by atoms with van der Waals surface area (Å²) < 4.78 is 38.5. The fourth-order valence-corrected chi connectivity index (χ4v) is 2.66. The van der Waals surface area contributed by atoms with Crippen LogP contribution in [0.25, 0.3) is 6.08 Å². The van der Waals surface area contributed by atoms with Crippen LogP contribution in [0.4, 0.5) is 4.39 Å². The molecule has 0 fully saturated rings. The van der Waals surface area contributed by atoms with Crippen molar-refractivity contribution in [2.75, 3.05) is 0 Å². The van der Waals surface area contributed by atoms with Crippen LogP contribution in [-0.2, 0) is 14.8 Å². The summed E-state index contributed by atoms with van der Waals surface area (Å²) in [4.78, 5) is 11.6. The maximum atomic E-state index is 12.7. The van der Waals surface area contributed by atoms with E-state index in [9.17, 15) is 17.6 Å². The zero-order chi connectivity index (χ0) is 16.2. The third kappa shape index (κ3) is 4.41. The first-order valence-corrected chi connectivity index (χ1v) is 7.99. The van der Waals surface area contributed by atoms with Gasteiger partial charge in [0, 0.05) is 11.1 Å². The van der Waals surface area contributed by atoms with Gasteiger partial charge in [-0.25, -0.2) is 17.5 Å². The Balaban J connectivity index is 2.07. The molecule has 22 heavy (non-hydrogen) atoms. The topological polar surface area (TPSA) is 63.2 Å². The molecule has 0 spiro atoms. The number of halogens is 2. The van der Waals surface area contributed by atoms with E-state index >= 15 is 0 Å². The van der Waals surface area contributed by atoms with E-state index < -0.39 is 21.7 Å². The molecule has 2 aromatic rings. The van der Waals surface area contributed by atoms with Crippen molar-refractivity contribution in [1.29, 1.82) is 0 Å². The highest BCUT2D eigenvalue weighted by molar-refractivity contribution is 7.90. The van der Waals surface area contributed by atoms with Gasteiger partial charge in [-0.2, -0.15) is 0 Å². The minimum Gasteiger partial charge on any atom is -0.269 e. The van der Waals surface area contributed by atoms with E-state index in [1.54, 1.807) is 0 Å². The molecule has 0 aliphatic heterocycles. The molecule has 7 heteroatoms. The number of hydrogen-bond acceptors (Lipinski definition) is 3. The zero-order valence-corrected chi connectivity index (χ0v) is 12.7. The maximum Gasteiger partial charge on any atom is 0.264 e. The summed E-state index contributed by atoms with van der Waals surface area (Å²) >= 11 is 5.68. The van der Waals surface area contributed by atoms with Crippen molar-refractivity contribution in [3.63, 3.8) is 0 Å². The quantitative estimate of drug-likeness (QED) is 0.871. The SMILES string of the molecule is O=C(/C=C/c1ccc(F)cc1)NS(=O)(=O)c1ccc(Cl)cc1. The number of benzene rings is 2. The third-order valence-corrected chi connectivity index (χ3v) is 4.27. The molecule has 114 valence electrons. The highest BCUT2D eigenvalue weighted by Crippen LogP contribution is 2.13. The van der Waals surface area contributed by atoms with Gasteiger partial charge < -0.3 is 0 Å². The fourth-order valence-electron chi connectivity index (χ4n) is 1.58. The normalized spacial score (nSPS) is 11.5. The first-order chi connectivity index (χ1) is 10.4. The van der Waals surface area contributed by atoms with E-state index in [1.807, 2.05) is 4.72 Å². The molecule has 1 N–H and O–H groups in total. The highest BCUT2D eigenvalue weighted by Gasteiger charge is 2.15. The summed E-state index contributed by atoms with van der Waals surface area (Å²) in [5.41, 5.74) is 0.570. The molecule has 2 aromatic carbocycles. The first-order valence-electron chi connectivity index (χ1n) is 6.13. The van der Waals surface area contributed by atoms with Gasteiger partial charge in [0.2, 0.25) is 0 Å². The number of carbonyl (C=O) groups is 1. The highest BCUT2D eigenvalue weighted by atomic mass is 35.5. The second kappa shape index (κ2) is 6.72. The molecule has 0 bridgehead atoms. The lowest BCUT2D eigenvalue weighted by atomic mass is 10.2. The molecule has 0 radical (unpaired) electrons. The molecule has 0 saturated carbocycles. The zero-order valence-electron chi connectivity index (χ0n) is 11.2. The van der Waals surface area contributed by atoms with Gasteiger partial charge in [0.05, 0.1) is 4.90 Å². The molecular weight excluding hydrogens is 329 g/mol. The number of sulfonamides is 1. The summed E-state index contributed by atoms with van der Waals surface area (Å²) in [6, 6.07) is 10.8. The number of nitrogens with one attached hydrogen (secondary N) is 1. The Morgan fingerprint density at radius 2 is 1.64 bits per heavy atom. The second-order valence-electron chi connectivity index (χ2n) is 4.31. The lowest BCUT2D eigenvalue weighted by molar-refractivity contribution is -0.114. The van der Waals surface area contributed by atoms with E-state index in [0.29, 0.717) is 10.6 Å². The van der Waals surface area contributed by atoms with Crippen molar-refractivity contribution in [1.82, 2.24) is 4.72 Å². The summed E-state index contributed by atoms with van der Waals surface area (Å²) in [5.74, 6) is -1.20. The van der Waals surface area contributed by atoms with Crippen molar-refractivity contribution < 1.29 is 17.6 Å². The van der Waals surface area contributed by atoms with Gasteiger partial charge in [0.25, 0.3) is 15.9 Å². The lowest BCUT2D eigenvalue weighted by Crippen LogP contribution is -2.28. The number of carbonyl (C=O) groups excluding carboxylic acids is 1. The van der Waals surface area contributed by atoms with Crippen molar-refractivity contribution >= 4 is 33.6 Å². The average molecular weight is 340 g/mol. The van der Waals surface area contributed by atoms with E-state index in [-0.39, 0.29) is 4.90 Å². The van der Waals surface area contributed by atoms with Crippen LogP contribution < -0.4 is 4.72 Å². The predicted molar refractivity (Wildman–Crippen MR) is 82.2 cm³/mol. The van der Waals surface area contributed by atoms with Crippen LogP contribution in [0, 0.1) is 5.82 Å². The Hall–Kier alpha value is -2.18. The smallest absolute Gasteiger partial charge is 0.264 e. The Kier molecular flexibility index (Phi) is 4.95. The van der Waals surface area contributed by atoms with Gasteiger partial charge in [0.1, 0.15) is 5.82 Å². The Morgan fingerprint density at radius 1 is 1.05 bits per heavy atom. The summed E-state index contributed by atoms with van der Waals surface area (Å²) in [6.45, 7) is 0. The van der Waals surface area contributed by atoms with Gasteiger partial charge in [-0.3, -0.25) is 4.79 Å². The molecule has 0 aromatic heterocycles. The molecule has 4 nitrogen and oxygen atoms in total. The van der Waals surface area contributed by atoms with Crippen LogP contribution in [0.5, 0.6) is 0 Å². The Bertz CT molecular complexity index is 800. The third-order valence-electron chi connectivity index (χ3n) is 2.66. The van der Waals surface area contributed by atoms with Gasteiger partial charge in [0.15, 0.2) is 0 Å². The van der Waals surface area contributed by atoms with Crippen molar-refractivity contribution in [3.05, 3.63) is 71.0 Å². The summed E-state index contributed by atoms with van der Waals surface area (Å²) in [6.07, 6.45) is 2.44. The van der Waals surface area contributed by atoms with E-state index in [1.165, 1.54) is 54.6 Å². The predicted octanol–water partition coefficient (Wildman–Crippen LogP) is 3.00. The molecule has 2 rings (SSSR count). The molecule has 0 atom stereocenters. The Labute approximate surface area is 132 Å². The number of hydrogen-bond donors (Lipinski definition) is 1. The van der Waals surface area contributed by atoms with Crippen LogP contribution in [0.15, 0.2) is 59.5 Å². The monoisotopic (exact) mass is 339 g/mol. The van der Waals surface area contributed by atoms with E-state index in [0.717, 1.165) is 6.08 Å². The van der Waals surface area contributed by atoms with E-state index in [4.69, 9.17) is 11.6 Å². The maximum absolute atomic E-state index is 12.7. The molecule has 0 saturated heterocycles. The van der Waals surface area contributed by atoms with Crippen molar-refractivity contribution in [2.45, 2.75) is 4.90 Å². The first kappa shape index (κ1) is 16.2. The molecule has 0 aliphatic carbocycles. The largest absolute Gasteiger partial charge is 0.269 e. The van der Waals surface area contributed by atoms with Gasteiger partial charge >= 0.3 is 0 Å². The molecule has 0 heterocycles. The summed E-state index contributed by atoms with van der Waals surface area (Å²) in [5, 5.41) is 0.390. The average Bonchev–Trinajstić information content (AvgIpc) is 2.46. The minimum atomic E-state index is -3.96. The Morgan fingerprint density at radius 3 is 2.23 bits per heavy atom. The van der Waals surface area contributed by atoms with Gasteiger partial charge in [-0.1, -0.05) is 23.7 Å². The van der Waals surface area contributed by atoms with Crippen LogP contribution in [0.2, 0.25) is 5.02 Å². The van der Waals surface area contributed by atoms with Gasteiger partial charge in [-0.05, 0) is 48.0 Å². The van der Waals surface area contributed by atoms with Crippen molar-refractivity contribution in [2.24, 2.45) is 0 Å². The number of amides is 1. The van der Waals surface area contributed by atoms with Crippen LogP contribution in [0.1, 0.15) is 5.56 Å². The van der Waals surface area contributed by atoms with Crippen LogP contribution >= 0.6 is 11.6 Å². The van der Waals surface area contributed by atoms with Crippen LogP contribution in [-0.4, -0.2) is 14.3 Å². The minimum absolute atomic E-state index is 0.0690. The van der Waals surface area contributed by atoms with Gasteiger partial charge in [-0.15, -0.1) is 0 Å². The second-order valence-corrected chi connectivity index (χ2v) is 6.43. The molecular formula is C15H11ClFNO3S.